The maximum absolute atomic E-state index is 5.61. The molecule has 0 radical (unpaired) electrons. The Labute approximate surface area is 71.5 Å². The molecular formula is C9H12OS. The Balaban J connectivity index is 2.16. The van der Waals surface area contributed by atoms with E-state index < -0.39 is 0 Å². The number of ether oxygens (including phenoxy) is 1. The average Bonchev–Trinajstić information content (AvgIpc) is 2.04. The molecule has 2 rings (SSSR count). The van der Waals surface area contributed by atoms with Gasteiger partial charge < -0.3 is 4.74 Å². The fourth-order valence-electron chi connectivity index (χ4n) is 1.46. The summed E-state index contributed by atoms with van der Waals surface area (Å²) in [6.45, 7) is 2.02. The van der Waals surface area contributed by atoms with Crippen LogP contribution in [0.15, 0.2) is 21.8 Å². The number of rotatable bonds is 0. The van der Waals surface area contributed by atoms with Crippen molar-refractivity contribution < 1.29 is 4.74 Å². The lowest BCUT2D eigenvalue weighted by Crippen LogP contribution is -2.03. The predicted octanol–water partition coefficient (Wildman–Crippen LogP) is 3.40. The Hall–Kier alpha value is -0.370. The highest BCUT2D eigenvalue weighted by Crippen LogP contribution is 2.38. The SMILES string of the molecule is CC1=CSC2=C(CCCC2)O1. The van der Waals surface area contributed by atoms with Gasteiger partial charge in [0.2, 0.25) is 0 Å². The van der Waals surface area contributed by atoms with E-state index in [1.165, 1.54) is 29.9 Å². The largest absolute Gasteiger partial charge is 0.465 e. The summed E-state index contributed by atoms with van der Waals surface area (Å²) >= 11 is 1.85. The molecule has 2 aliphatic rings. The van der Waals surface area contributed by atoms with Crippen molar-refractivity contribution in [3.63, 3.8) is 0 Å². The van der Waals surface area contributed by atoms with Crippen molar-refractivity contribution in [2.24, 2.45) is 0 Å². The average molecular weight is 168 g/mol. The molecule has 0 saturated heterocycles. The van der Waals surface area contributed by atoms with Crippen molar-refractivity contribution in [2.75, 3.05) is 0 Å². The number of hydrogen-bond donors (Lipinski definition) is 0. The minimum atomic E-state index is 1.05. The summed E-state index contributed by atoms with van der Waals surface area (Å²) in [5, 5.41) is 2.10. The van der Waals surface area contributed by atoms with E-state index in [0.29, 0.717) is 0 Å². The summed E-state index contributed by atoms with van der Waals surface area (Å²) in [5.74, 6) is 2.29. The summed E-state index contributed by atoms with van der Waals surface area (Å²) in [6, 6.07) is 0. The first-order chi connectivity index (χ1) is 5.36. The smallest absolute Gasteiger partial charge is 0.113 e. The molecule has 1 nitrogen and oxygen atoms in total. The first-order valence-electron chi connectivity index (χ1n) is 4.09. The monoisotopic (exact) mass is 168 g/mol. The molecule has 0 spiro atoms. The van der Waals surface area contributed by atoms with Crippen LogP contribution < -0.4 is 0 Å². The van der Waals surface area contributed by atoms with E-state index >= 15 is 0 Å². The van der Waals surface area contributed by atoms with Crippen LogP contribution in [0.4, 0.5) is 0 Å². The molecule has 2 heteroatoms. The molecule has 1 aliphatic carbocycles. The highest BCUT2D eigenvalue weighted by Gasteiger charge is 2.17. The standard InChI is InChI=1S/C9H12OS/c1-7-6-11-9-5-3-2-4-8(9)10-7/h6H,2-5H2,1H3. The molecule has 0 saturated carbocycles. The minimum Gasteiger partial charge on any atom is -0.465 e. The summed E-state index contributed by atoms with van der Waals surface area (Å²) in [6.07, 6.45) is 5.01. The van der Waals surface area contributed by atoms with Crippen LogP contribution in [0.3, 0.4) is 0 Å². The lowest BCUT2D eigenvalue weighted by atomic mass is 10.1. The molecule has 0 fully saturated rings. The van der Waals surface area contributed by atoms with Crippen LogP contribution in [0.25, 0.3) is 0 Å². The number of thioether (sulfide) groups is 1. The van der Waals surface area contributed by atoms with Gasteiger partial charge in [-0.25, -0.2) is 0 Å². The van der Waals surface area contributed by atoms with Crippen molar-refractivity contribution in [3.8, 4) is 0 Å². The fourth-order valence-corrected chi connectivity index (χ4v) is 2.35. The lowest BCUT2D eigenvalue weighted by molar-refractivity contribution is 0.278. The second kappa shape index (κ2) is 2.94. The molecule has 0 bridgehead atoms. The molecule has 60 valence electrons. The second-order valence-corrected chi connectivity index (χ2v) is 3.97. The van der Waals surface area contributed by atoms with Crippen molar-refractivity contribution >= 4 is 11.8 Å². The molecule has 0 amide bonds. The van der Waals surface area contributed by atoms with Gasteiger partial charge >= 0.3 is 0 Å². The van der Waals surface area contributed by atoms with E-state index in [1.807, 2.05) is 18.7 Å². The zero-order valence-electron chi connectivity index (χ0n) is 6.72. The van der Waals surface area contributed by atoms with E-state index in [1.54, 1.807) is 0 Å². The van der Waals surface area contributed by atoms with Gasteiger partial charge in [0, 0.05) is 16.7 Å². The van der Waals surface area contributed by atoms with E-state index in [0.717, 1.165) is 12.2 Å². The minimum absolute atomic E-state index is 1.05. The quantitative estimate of drug-likeness (QED) is 0.548. The molecule has 11 heavy (non-hydrogen) atoms. The van der Waals surface area contributed by atoms with Gasteiger partial charge in [0.15, 0.2) is 0 Å². The highest BCUT2D eigenvalue weighted by atomic mass is 32.2. The van der Waals surface area contributed by atoms with Crippen LogP contribution in [0.5, 0.6) is 0 Å². The van der Waals surface area contributed by atoms with E-state index in [-0.39, 0.29) is 0 Å². The molecular weight excluding hydrogens is 156 g/mol. The van der Waals surface area contributed by atoms with Crippen molar-refractivity contribution in [1.29, 1.82) is 0 Å². The maximum Gasteiger partial charge on any atom is 0.113 e. The summed E-state index contributed by atoms with van der Waals surface area (Å²) < 4.78 is 5.61. The predicted molar refractivity (Wildman–Crippen MR) is 47.9 cm³/mol. The van der Waals surface area contributed by atoms with Crippen LogP contribution in [0.2, 0.25) is 0 Å². The van der Waals surface area contributed by atoms with Gasteiger partial charge in [0.25, 0.3) is 0 Å². The Bertz CT molecular complexity index is 228. The van der Waals surface area contributed by atoms with Gasteiger partial charge in [-0.2, -0.15) is 0 Å². The van der Waals surface area contributed by atoms with Gasteiger partial charge in [0.1, 0.15) is 11.5 Å². The van der Waals surface area contributed by atoms with Gasteiger partial charge in [-0.1, -0.05) is 11.8 Å². The molecule has 0 aromatic rings. The van der Waals surface area contributed by atoms with Gasteiger partial charge in [-0.15, -0.1) is 0 Å². The summed E-state index contributed by atoms with van der Waals surface area (Å²) in [4.78, 5) is 1.46. The Morgan fingerprint density at radius 3 is 3.09 bits per heavy atom. The molecule has 0 atom stereocenters. The maximum atomic E-state index is 5.61. The zero-order chi connectivity index (χ0) is 7.68. The van der Waals surface area contributed by atoms with Gasteiger partial charge in [0.05, 0.1) is 0 Å². The Morgan fingerprint density at radius 1 is 1.36 bits per heavy atom. The van der Waals surface area contributed by atoms with Crippen LogP contribution in [0.1, 0.15) is 32.6 Å². The number of allylic oxidation sites excluding steroid dienone is 3. The Kier molecular flexibility index (Phi) is 1.95. The molecule has 0 unspecified atom stereocenters. The van der Waals surface area contributed by atoms with E-state index in [9.17, 15) is 0 Å². The van der Waals surface area contributed by atoms with Crippen LogP contribution in [0, 0.1) is 0 Å². The van der Waals surface area contributed by atoms with Crippen molar-refractivity contribution in [3.05, 3.63) is 21.8 Å². The Morgan fingerprint density at radius 2 is 2.18 bits per heavy atom. The van der Waals surface area contributed by atoms with Gasteiger partial charge in [-0.05, 0) is 26.2 Å². The molecule has 0 aromatic carbocycles. The first kappa shape index (κ1) is 7.29. The van der Waals surface area contributed by atoms with Gasteiger partial charge in [-0.3, -0.25) is 0 Å². The van der Waals surface area contributed by atoms with Crippen LogP contribution in [-0.4, -0.2) is 0 Å². The second-order valence-electron chi connectivity index (χ2n) is 3.00. The molecule has 0 N–H and O–H groups in total. The zero-order valence-corrected chi connectivity index (χ0v) is 7.54. The lowest BCUT2D eigenvalue weighted by Gasteiger charge is -2.22. The topological polar surface area (TPSA) is 9.23 Å². The fraction of sp³-hybridized carbons (Fsp3) is 0.556. The summed E-state index contributed by atoms with van der Waals surface area (Å²) in [5.41, 5.74) is 0. The van der Waals surface area contributed by atoms with Crippen LogP contribution in [-0.2, 0) is 4.74 Å². The van der Waals surface area contributed by atoms with E-state index in [4.69, 9.17) is 4.74 Å². The third kappa shape index (κ3) is 1.45. The molecule has 0 aromatic heterocycles. The molecule has 1 heterocycles. The normalized spacial score (nSPS) is 23.9. The highest BCUT2D eigenvalue weighted by molar-refractivity contribution is 8.05. The third-order valence-corrected chi connectivity index (χ3v) is 3.19. The number of hydrogen-bond acceptors (Lipinski definition) is 2. The van der Waals surface area contributed by atoms with Crippen LogP contribution >= 0.6 is 11.8 Å². The van der Waals surface area contributed by atoms with Crippen molar-refractivity contribution in [1.82, 2.24) is 0 Å². The summed E-state index contributed by atoms with van der Waals surface area (Å²) in [7, 11) is 0. The van der Waals surface area contributed by atoms with E-state index in [2.05, 4.69) is 5.41 Å². The first-order valence-corrected chi connectivity index (χ1v) is 4.97. The third-order valence-electron chi connectivity index (χ3n) is 2.02. The van der Waals surface area contributed by atoms with Crippen molar-refractivity contribution in [2.45, 2.75) is 32.6 Å². The molecule has 1 aliphatic heterocycles.